The molecule has 0 saturated carbocycles. The zero-order chi connectivity index (χ0) is 16.0. The van der Waals surface area contributed by atoms with Gasteiger partial charge in [-0.3, -0.25) is 4.98 Å². The van der Waals surface area contributed by atoms with Gasteiger partial charge in [0.05, 0.1) is 17.6 Å². The van der Waals surface area contributed by atoms with Gasteiger partial charge in [-0.25, -0.2) is 0 Å². The van der Waals surface area contributed by atoms with Gasteiger partial charge in [-0.15, -0.1) is 13.2 Å². The van der Waals surface area contributed by atoms with Gasteiger partial charge in [0.2, 0.25) is 0 Å². The van der Waals surface area contributed by atoms with Crippen molar-refractivity contribution < 1.29 is 23.0 Å². The summed E-state index contributed by atoms with van der Waals surface area (Å²) in [6.07, 6.45) is -3.55. The number of hydrogen-bond donors (Lipinski definition) is 2. The first-order chi connectivity index (χ1) is 9.85. The molecule has 0 saturated heterocycles. The van der Waals surface area contributed by atoms with Gasteiger partial charge < -0.3 is 15.6 Å². The molecule has 114 valence electrons. The van der Waals surface area contributed by atoms with Crippen molar-refractivity contribution in [3.8, 4) is 22.8 Å². The lowest BCUT2D eigenvalue weighted by atomic mass is 10.1. The molecule has 0 aliphatic heterocycles. The minimum absolute atomic E-state index is 0.139. The Morgan fingerprint density at radius 1 is 1.14 bits per heavy atom. The lowest BCUT2D eigenvalue weighted by molar-refractivity contribution is -0.274. The molecule has 0 aliphatic carbocycles. The van der Waals surface area contributed by atoms with Gasteiger partial charge in [0.25, 0.3) is 0 Å². The van der Waals surface area contributed by atoms with Crippen molar-refractivity contribution in [2.75, 3.05) is 5.73 Å². The van der Waals surface area contributed by atoms with E-state index in [0.29, 0.717) is 11.3 Å². The molecule has 0 atom stereocenters. The van der Waals surface area contributed by atoms with E-state index in [1.54, 1.807) is 0 Å². The second-order valence-corrected chi connectivity index (χ2v) is 3.70. The Morgan fingerprint density at radius 3 is 2.19 bits per heavy atom. The number of aromatic hydroxyl groups is 1. The number of pyridine rings is 1. The van der Waals surface area contributed by atoms with Crippen molar-refractivity contribution in [2.45, 2.75) is 20.2 Å². The molecule has 1 aromatic heterocycles. The van der Waals surface area contributed by atoms with Gasteiger partial charge in [0, 0.05) is 5.56 Å². The number of nitrogen functional groups attached to an aromatic ring is 1. The summed E-state index contributed by atoms with van der Waals surface area (Å²) in [6.45, 7) is 4.00. The third kappa shape index (κ3) is 4.87. The highest BCUT2D eigenvalue weighted by atomic mass is 19.4. The molecule has 1 aromatic carbocycles. The predicted octanol–water partition coefficient (Wildman–Crippen LogP) is 3.96. The zero-order valence-electron chi connectivity index (χ0n) is 11.5. The van der Waals surface area contributed by atoms with Crippen molar-refractivity contribution in [1.82, 2.24) is 4.98 Å². The molecular formula is C14H15F3N2O2. The topological polar surface area (TPSA) is 68.4 Å². The number of benzene rings is 1. The molecule has 0 unspecified atom stereocenters. The number of halogens is 3. The Balaban J connectivity index is 0.00000106. The van der Waals surface area contributed by atoms with E-state index < -0.39 is 6.36 Å². The molecule has 7 heteroatoms. The van der Waals surface area contributed by atoms with E-state index in [1.807, 2.05) is 13.8 Å². The van der Waals surface area contributed by atoms with Crippen LogP contribution < -0.4 is 10.5 Å². The Hall–Kier alpha value is -2.44. The molecule has 1 heterocycles. The van der Waals surface area contributed by atoms with Crippen LogP contribution in [-0.4, -0.2) is 16.5 Å². The highest BCUT2D eigenvalue weighted by Crippen LogP contribution is 2.28. The summed E-state index contributed by atoms with van der Waals surface area (Å²) >= 11 is 0. The first kappa shape index (κ1) is 16.6. The molecule has 0 amide bonds. The fourth-order valence-corrected chi connectivity index (χ4v) is 1.45. The molecule has 0 bridgehead atoms. The van der Waals surface area contributed by atoms with Crippen molar-refractivity contribution in [2.24, 2.45) is 0 Å². The van der Waals surface area contributed by atoms with Crippen LogP contribution in [0.25, 0.3) is 11.3 Å². The smallest absolute Gasteiger partial charge is 0.504 e. The van der Waals surface area contributed by atoms with Gasteiger partial charge in [-0.1, -0.05) is 13.8 Å². The number of ether oxygens (including phenoxy) is 1. The lowest BCUT2D eigenvalue weighted by Gasteiger charge is -2.09. The largest absolute Gasteiger partial charge is 0.573 e. The fraction of sp³-hybridized carbons (Fsp3) is 0.214. The molecule has 21 heavy (non-hydrogen) atoms. The van der Waals surface area contributed by atoms with E-state index in [-0.39, 0.29) is 17.2 Å². The van der Waals surface area contributed by atoms with Crippen LogP contribution in [0, 0.1) is 0 Å². The highest BCUT2D eigenvalue weighted by molar-refractivity contribution is 5.66. The molecule has 0 radical (unpaired) electrons. The molecule has 0 spiro atoms. The van der Waals surface area contributed by atoms with E-state index in [0.717, 1.165) is 0 Å². The summed E-state index contributed by atoms with van der Waals surface area (Å²) in [4.78, 5) is 3.92. The molecular weight excluding hydrogens is 285 g/mol. The van der Waals surface area contributed by atoms with Gasteiger partial charge in [0.1, 0.15) is 5.75 Å². The average Bonchev–Trinajstić information content (AvgIpc) is 2.43. The molecule has 0 aliphatic rings. The summed E-state index contributed by atoms with van der Waals surface area (Å²) in [6, 6.07) is 6.61. The number of nitrogens with two attached hydrogens (primary N) is 1. The first-order valence-corrected chi connectivity index (χ1v) is 6.16. The van der Waals surface area contributed by atoms with E-state index in [1.165, 1.54) is 36.5 Å². The van der Waals surface area contributed by atoms with Crippen LogP contribution in [0.5, 0.6) is 11.5 Å². The maximum Gasteiger partial charge on any atom is 0.573 e. The van der Waals surface area contributed by atoms with Crippen molar-refractivity contribution in [3.63, 3.8) is 0 Å². The summed E-state index contributed by atoms with van der Waals surface area (Å²) in [7, 11) is 0. The van der Waals surface area contributed by atoms with E-state index in [9.17, 15) is 18.3 Å². The quantitative estimate of drug-likeness (QED) is 0.880. The summed E-state index contributed by atoms with van der Waals surface area (Å²) < 4.78 is 39.7. The SMILES string of the molecule is CC.Nc1cc(-c2ccc(OC(F)(F)F)cc2)ncc1O. The summed E-state index contributed by atoms with van der Waals surface area (Å²) in [5, 5.41) is 9.23. The summed E-state index contributed by atoms with van der Waals surface area (Å²) in [5.74, 6) is -0.469. The van der Waals surface area contributed by atoms with Crippen molar-refractivity contribution in [1.29, 1.82) is 0 Å². The number of aromatic nitrogens is 1. The second kappa shape index (κ2) is 6.83. The first-order valence-electron chi connectivity index (χ1n) is 6.16. The van der Waals surface area contributed by atoms with Crippen LogP contribution >= 0.6 is 0 Å². The third-order valence-corrected chi connectivity index (χ3v) is 2.30. The van der Waals surface area contributed by atoms with E-state index in [2.05, 4.69) is 9.72 Å². The van der Waals surface area contributed by atoms with Gasteiger partial charge in [0.15, 0.2) is 5.75 Å². The van der Waals surface area contributed by atoms with Crippen LogP contribution in [0.4, 0.5) is 18.9 Å². The van der Waals surface area contributed by atoms with Crippen LogP contribution in [0.2, 0.25) is 0 Å². The van der Waals surface area contributed by atoms with Crippen LogP contribution in [0.1, 0.15) is 13.8 Å². The van der Waals surface area contributed by atoms with Crippen molar-refractivity contribution >= 4 is 5.69 Å². The van der Waals surface area contributed by atoms with Gasteiger partial charge in [-0.05, 0) is 30.3 Å². The Labute approximate surface area is 120 Å². The summed E-state index contributed by atoms with van der Waals surface area (Å²) in [5.41, 5.74) is 6.64. The normalized spacial score (nSPS) is 10.5. The molecule has 4 nitrogen and oxygen atoms in total. The highest BCUT2D eigenvalue weighted by Gasteiger charge is 2.30. The van der Waals surface area contributed by atoms with Crippen molar-refractivity contribution in [3.05, 3.63) is 36.5 Å². The van der Waals surface area contributed by atoms with E-state index >= 15 is 0 Å². The minimum Gasteiger partial charge on any atom is -0.504 e. The number of rotatable bonds is 2. The van der Waals surface area contributed by atoms with Crippen LogP contribution in [0.15, 0.2) is 36.5 Å². The Bertz CT molecular complexity index is 584. The standard InChI is InChI=1S/C12H9F3N2O2.C2H6/c13-12(14,15)19-8-3-1-7(2-4-8)10-5-9(16)11(18)6-17-10;1-2/h1-6,18H,(H2,16,17);1-2H3. The number of nitrogens with zero attached hydrogens (tertiary/aromatic N) is 1. The Morgan fingerprint density at radius 2 is 1.71 bits per heavy atom. The monoisotopic (exact) mass is 300 g/mol. The molecule has 3 N–H and O–H groups in total. The maximum atomic E-state index is 12.0. The average molecular weight is 300 g/mol. The number of hydrogen-bond acceptors (Lipinski definition) is 4. The number of alkyl halides is 3. The number of anilines is 1. The second-order valence-electron chi connectivity index (χ2n) is 3.70. The van der Waals surface area contributed by atoms with Gasteiger partial charge >= 0.3 is 6.36 Å². The minimum atomic E-state index is -4.72. The molecule has 0 fully saturated rings. The van der Waals surface area contributed by atoms with Crippen LogP contribution in [-0.2, 0) is 0 Å². The van der Waals surface area contributed by atoms with Gasteiger partial charge in [-0.2, -0.15) is 0 Å². The Kier molecular flexibility index (Phi) is 5.40. The third-order valence-electron chi connectivity index (χ3n) is 2.30. The molecule has 2 rings (SSSR count). The lowest BCUT2D eigenvalue weighted by Crippen LogP contribution is -2.16. The maximum absolute atomic E-state index is 12.0. The van der Waals surface area contributed by atoms with E-state index in [4.69, 9.17) is 5.73 Å². The zero-order valence-corrected chi connectivity index (χ0v) is 11.5. The molecule has 2 aromatic rings. The predicted molar refractivity (Wildman–Crippen MR) is 73.8 cm³/mol. The fourth-order valence-electron chi connectivity index (χ4n) is 1.45. The van der Waals surface area contributed by atoms with Crippen LogP contribution in [0.3, 0.4) is 0 Å².